The van der Waals surface area contributed by atoms with Crippen LogP contribution in [0.2, 0.25) is 15.1 Å². The summed E-state index contributed by atoms with van der Waals surface area (Å²) in [5, 5.41) is 9.23. The van der Waals surface area contributed by atoms with Gasteiger partial charge in [-0.05, 0) is 50.1 Å². The Balaban J connectivity index is 1.74. The Morgan fingerprint density at radius 3 is 2.42 bits per heavy atom. The van der Waals surface area contributed by atoms with Gasteiger partial charge >= 0.3 is 0 Å². The van der Waals surface area contributed by atoms with Gasteiger partial charge in [-0.1, -0.05) is 46.9 Å². The molecule has 1 aliphatic rings. The average Bonchev–Trinajstić information content (AvgIpc) is 3.11. The minimum Gasteiger partial charge on any atom is -0.346 e. The predicted molar refractivity (Wildman–Crippen MR) is 132 cm³/mol. The zero-order chi connectivity index (χ0) is 23.7. The molecule has 172 valence electrons. The van der Waals surface area contributed by atoms with Crippen LogP contribution in [0.3, 0.4) is 0 Å². The third-order valence-corrected chi connectivity index (χ3v) is 6.58. The Hall–Kier alpha value is -2.54. The average molecular weight is 506 g/mol. The van der Waals surface area contributed by atoms with Crippen LogP contribution in [0.15, 0.2) is 42.5 Å². The number of hydrogen-bond acceptors (Lipinski definition) is 3. The van der Waals surface area contributed by atoms with Gasteiger partial charge in [0.15, 0.2) is 5.69 Å². The number of halogens is 3. The van der Waals surface area contributed by atoms with Gasteiger partial charge in [-0.3, -0.25) is 9.59 Å². The lowest BCUT2D eigenvalue weighted by atomic mass is 10.0. The summed E-state index contributed by atoms with van der Waals surface area (Å²) in [4.78, 5) is 26.8. The van der Waals surface area contributed by atoms with Gasteiger partial charge in [-0.2, -0.15) is 5.10 Å². The molecule has 0 aliphatic carbocycles. The number of benzene rings is 2. The van der Waals surface area contributed by atoms with Crippen LogP contribution in [0.4, 0.5) is 0 Å². The Morgan fingerprint density at radius 1 is 1.06 bits per heavy atom. The Bertz CT molecular complexity index is 1210. The third kappa shape index (κ3) is 5.03. The third-order valence-electron chi connectivity index (χ3n) is 5.79. The molecule has 0 saturated carbocycles. The number of likely N-dealkylation sites (tertiary alicyclic amines) is 1. The van der Waals surface area contributed by atoms with Gasteiger partial charge in [0, 0.05) is 47.2 Å². The molecule has 0 unspecified atom stereocenters. The summed E-state index contributed by atoms with van der Waals surface area (Å²) >= 11 is 18.7. The van der Waals surface area contributed by atoms with E-state index >= 15 is 0 Å². The maximum atomic E-state index is 13.3. The van der Waals surface area contributed by atoms with Gasteiger partial charge in [0.25, 0.3) is 5.91 Å². The highest BCUT2D eigenvalue weighted by Gasteiger charge is 2.27. The van der Waals surface area contributed by atoms with Crippen LogP contribution in [0.25, 0.3) is 16.9 Å². The molecule has 33 heavy (non-hydrogen) atoms. The number of amides is 2. The standard InChI is InChI=1S/C24H23Cl3N4O2/c1-14-22(24(33)28-19-4-3-11-30(13-19)15(2)32)29-31(21-10-9-18(26)12-20(21)27)23(14)16-5-7-17(25)8-6-16/h5-10,12,19H,3-4,11,13H2,1-2H3,(H,28,33)/t19-/m0/s1. The predicted octanol–water partition coefficient (Wildman–Crippen LogP) is 5.55. The zero-order valence-corrected chi connectivity index (χ0v) is 20.5. The molecule has 4 rings (SSSR count). The minimum atomic E-state index is -0.290. The number of carbonyl (C=O) groups is 2. The van der Waals surface area contributed by atoms with Crippen LogP contribution in [0, 0.1) is 6.92 Å². The van der Waals surface area contributed by atoms with Crippen LogP contribution < -0.4 is 5.32 Å². The number of aromatic nitrogens is 2. The summed E-state index contributed by atoms with van der Waals surface area (Å²) in [6.45, 7) is 4.61. The first-order valence-corrected chi connectivity index (χ1v) is 11.8. The topological polar surface area (TPSA) is 67.2 Å². The summed E-state index contributed by atoms with van der Waals surface area (Å²) in [7, 11) is 0. The van der Waals surface area contributed by atoms with Crippen molar-refractivity contribution < 1.29 is 9.59 Å². The van der Waals surface area contributed by atoms with E-state index in [9.17, 15) is 9.59 Å². The van der Waals surface area contributed by atoms with Crippen molar-refractivity contribution in [3.05, 3.63) is 68.8 Å². The second kappa shape index (κ2) is 9.75. The molecule has 2 amide bonds. The molecule has 1 saturated heterocycles. The summed E-state index contributed by atoms with van der Waals surface area (Å²) < 4.78 is 1.66. The van der Waals surface area contributed by atoms with Crippen molar-refractivity contribution in [3.8, 4) is 16.9 Å². The second-order valence-corrected chi connectivity index (χ2v) is 9.39. The van der Waals surface area contributed by atoms with Crippen LogP contribution >= 0.6 is 34.8 Å². The van der Waals surface area contributed by atoms with Crippen molar-refractivity contribution in [3.63, 3.8) is 0 Å². The fourth-order valence-corrected chi connectivity index (χ4v) is 4.73. The van der Waals surface area contributed by atoms with Crippen molar-refractivity contribution in [2.45, 2.75) is 32.7 Å². The van der Waals surface area contributed by atoms with Crippen molar-refractivity contribution >= 4 is 46.6 Å². The van der Waals surface area contributed by atoms with Gasteiger partial charge in [-0.25, -0.2) is 4.68 Å². The highest BCUT2D eigenvalue weighted by Crippen LogP contribution is 2.33. The minimum absolute atomic E-state index is 0.0109. The molecule has 0 radical (unpaired) electrons. The first kappa shape index (κ1) is 23.6. The number of rotatable bonds is 4. The number of nitrogens with zero attached hydrogens (tertiary/aromatic N) is 3. The van der Waals surface area contributed by atoms with Crippen LogP contribution in [0.1, 0.15) is 35.8 Å². The molecule has 1 N–H and O–H groups in total. The molecule has 1 fully saturated rings. The molecular formula is C24H23Cl3N4O2. The van der Waals surface area contributed by atoms with E-state index < -0.39 is 0 Å². The van der Waals surface area contributed by atoms with Gasteiger partial charge in [-0.15, -0.1) is 0 Å². The van der Waals surface area contributed by atoms with Gasteiger partial charge in [0.1, 0.15) is 0 Å². The Kier molecular flexibility index (Phi) is 6.98. The van der Waals surface area contributed by atoms with E-state index in [2.05, 4.69) is 10.4 Å². The normalized spacial score (nSPS) is 16.0. The summed E-state index contributed by atoms with van der Waals surface area (Å²) in [5.74, 6) is -0.279. The van der Waals surface area contributed by atoms with Gasteiger partial charge in [0.05, 0.1) is 16.4 Å². The first-order chi connectivity index (χ1) is 15.7. The van der Waals surface area contributed by atoms with Gasteiger partial charge < -0.3 is 10.2 Å². The molecule has 6 nitrogen and oxygen atoms in total. The lowest BCUT2D eigenvalue weighted by molar-refractivity contribution is -0.130. The smallest absolute Gasteiger partial charge is 0.272 e. The fourth-order valence-electron chi connectivity index (χ4n) is 4.12. The molecule has 1 aliphatic heterocycles. The van der Waals surface area contributed by atoms with Crippen molar-refractivity contribution in [1.29, 1.82) is 0 Å². The molecule has 9 heteroatoms. The van der Waals surface area contributed by atoms with E-state index in [-0.39, 0.29) is 17.9 Å². The van der Waals surface area contributed by atoms with E-state index in [0.717, 1.165) is 24.1 Å². The quantitative estimate of drug-likeness (QED) is 0.505. The second-order valence-electron chi connectivity index (χ2n) is 8.11. The number of piperidine rings is 1. The highest BCUT2D eigenvalue weighted by molar-refractivity contribution is 6.35. The first-order valence-electron chi connectivity index (χ1n) is 10.6. The molecule has 2 aromatic carbocycles. The summed E-state index contributed by atoms with van der Waals surface area (Å²) in [6, 6.07) is 12.3. The van der Waals surface area contributed by atoms with Crippen molar-refractivity contribution in [2.75, 3.05) is 13.1 Å². The number of carbonyl (C=O) groups excluding carboxylic acids is 2. The molecular weight excluding hydrogens is 483 g/mol. The van der Waals surface area contributed by atoms with E-state index in [1.807, 2.05) is 19.1 Å². The van der Waals surface area contributed by atoms with Crippen LogP contribution in [-0.4, -0.2) is 45.6 Å². The zero-order valence-electron chi connectivity index (χ0n) is 18.2. The maximum Gasteiger partial charge on any atom is 0.272 e. The fraction of sp³-hybridized carbons (Fsp3) is 0.292. The molecule has 0 bridgehead atoms. The largest absolute Gasteiger partial charge is 0.346 e. The van der Waals surface area contributed by atoms with E-state index in [1.54, 1.807) is 46.8 Å². The lowest BCUT2D eigenvalue weighted by Gasteiger charge is -2.32. The Morgan fingerprint density at radius 2 is 1.76 bits per heavy atom. The Labute approximate surface area is 207 Å². The monoisotopic (exact) mass is 504 g/mol. The molecule has 1 aromatic heterocycles. The highest BCUT2D eigenvalue weighted by atomic mass is 35.5. The van der Waals surface area contributed by atoms with Crippen LogP contribution in [0.5, 0.6) is 0 Å². The molecule has 0 spiro atoms. The molecule has 1 atom stereocenters. The van der Waals surface area contributed by atoms with Crippen molar-refractivity contribution in [1.82, 2.24) is 20.0 Å². The van der Waals surface area contributed by atoms with Crippen LogP contribution in [-0.2, 0) is 4.79 Å². The maximum absolute atomic E-state index is 13.3. The van der Waals surface area contributed by atoms with Crippen molar-refractivity contribution in [2.24, 2.45) is 0 Å². The SMILES string of the molecule is CC(=O)N1CCC[C@H](NC(=O)c2nn(-c3ccc(Cl)cc3Cl)c(-c3ccc(Cl)cc3)c2C)C1. The van der Waals surface area contributed by atoms with E-state index in [0.29, 0.717) is 45.1 Å². The van der Waals surface area contributed by atoms with Gasteiger partial charge in [0.2, 0.25) is 5.91 Å². The lowest BCUT2D eigenvalue weighted by Crippen LogP contribution is -2.49. The number of hydrogen-bond donors (Lipinski definition) is 1. The van der Waals surface area contributed by atoms with E-state index in [4.69, 9.17) is 34.8 Å². The number of nitrogens with one attached hydrogen (secondary N) is 1. The summed E-state index contributed by atoms with van der Waals surface area (Å²) in [6.07, 6.45) is 1.65. The summed E-state index contributed by atoms with van der Waals surface area (Å²) in [5.41, 5.74) is 3.18. The molecule has 2 heterocycles. The molecule has 3 aromatic rings. The van der Waals surface area contributed by atoms with E-state index in [1.165, 1.54) is 0 Å².